The summed E-state index contributed by atoms with van der Waals surface area (Å²) < 4.78 is 0. The van der Waals surface area contributed by atoms with Gasteiger partial charge < -0.3 is 5.32 Å². The molecule has 0 heterocycles. The van der Waals surface area contributed by atoms with Gasteiger partial charge in [0, 0.05) is 12.0 Å². The van der Waals surface area contributed by atoms with Crippen molar-refractivity contribution in [2.45, 2.75) is 71.1 Å². The molecule has 0 radical (unpaired) electrons. The Balaban J connectivity index is 2.15. The molecule has 1 aliphatic carbocycles. The van der Waals surface area contributed by atoms with E-state index in [2.05, 4.69) is 50.4 Å². The van der Waals surface area contributed by atoms with Gasteiger partial charge in [0.15, 0.2) is 0 Å². The summed E-state index contributed by atoms with van der Waals surface area (Å²) in [5, 5.41) is 3.72. The van der Waals surface area contributed by atoms with Crippen molar-refractivity contribution in [3.63, 3.8) is 0 Å². The molecule has 1 aromatic carbocycles. The van der Waals surface area contributed by atoms with Crippen LogP contribution in [0.3, 0.4) is 0 Å². The molecule has 0 bridgehead atoms. The standard InChI is InChI=1S/C20H33N/c1-4-15-21-16-20(13-7-9-17(2)3)14-8-11-18-10-5-6-12-19(18)20/h5-6,10,12,17,21H,4,7-9,11,13-16H2,1-3H3. The normalized spacial score (nSPS) is 21.5. The lowest BCUT2D eigenvalue weighted by Gasteiger charge is -2.40. The Kier molecular flexibility index (Phi) is 6.29. The Labute approximate surface area is 131 Å². The quantitative estimate of drug-likeness (QED) is 0.657. The van der Waals surface area contributed by atoms with Crippen molar-refractivity contribution in [2.75, 3.05) is 13.1 Å². The Morgan fingerprint density at radius 3 is 2.81 bits per heavy atom. The SMILES string of the molecule is CCCNCC1(CCCC(C)C)CCCc2ccccc21. The Hall–Kier alpha value is -0.820. The molecular weight excluding hydrogens is 254 g/mol. The molecule has 2 rings (SSSR count). The first-order chi connectivity index (χ1) is 10.2. The average molecular weight is 287 g/mol. The molecule has 1 atom stereocenters. The van der Waals surface area contributed by atoms with Crippen molar-refractivity contribution >= 4 is 0 Å². The van der Waals surface area contributed by atoms with Crippen molar-refractivity contribution < 1.29 is 0 Å². The van der Waals surface area contributed by atoms with Gasteiger partial charge >= 0.3 is 0 Å². The minimum atomic E-state index is 0.388. The fraction of sp³-hybridized carbons (Fsp3) is 0.700. The highest BCUT2D eigenvalue weighted by Gasteiger charge is 2.35. The Bertz CT molecular complexity index is 424. The third-order valence-corrected chi connectivity index (χ3v) is 5.02. The van der Waals surface area contributed by atoms with Crippen LogP contribution in [0.4, 0.5) is 0 Å². The molecule has 1 nitrogen and oxygen atoms in total. The second-order valence-electron chi connectivity index (χ2n) is 7.25. The number of aryl methyl sites for hydroxylation is 1. The van der Waals surface area contributed by atoms with Crippen LogP contribution in [0.25, 0.3) is 0 Å². The van der Waals surface area contributed by atoms with Crippen LogP contribution in [-0.2, 0) is 11.8 Å². The van der Waals surface area contributed by atoms with E-state index in [1.165, 1.54) is 44.9 Å². The van der Waals surface area contributed by atoms with E-state index in [1.807, 2.05) is 0 Å². The van der Waals surface area contributed by atoms with Gasteiger partial charge in [0.25, 0.3) is 0 Å². The third-order valence-electron chi connectivity index (χ3n) is 5.02. The molecule has 118 valence electrons. The van der Waals surface area contributed by atoms with Crippen LogP contribution in [-0.4, -0.2) is 13.1 Å². The third kappa shape index (κ3) is 4.32. The summed E-state index contributed by atoms with van der Waals surface area (Å²) >= 11 is 0. The first-order valence-electron chi connectivity index (χ1n) is 8.97. The van der Waals surface area contributed by atoms with Crippen molar-refractivity contribution in [2.24, 2.45) is 5.92 Å². The highest BCUT2D eigenvalue weighted by atomic mass is 14.9. The summed E-state index contributed by atoms with van der Waals surface area (Å²) in [4.78, 5) is 0. The molecule has 0 amide bonds. The lowest BCUT2D eigenvalue weighted by atomic mass is 9.67. The van der Waals surface area contributed by atoms with E-state index >= 15 is 0 Å². The lowest BCUT2D eigenvalue weighted by Crippen LogP contribution is -2.41. The highest BCUT2D eigenvalue weighted by molar-refractivity contribution is 5.37. The zero-order valence-corrected chi connectivity index (χ0v) is 14.3. The molecule has 1 N–H and O–H groups in total. The van der Waals surface area contributed by atoms with Crippen LogP contribution in [0, 0.1) is 5.92 Å². The molecule has 1 aromatic rings. The number of hydrogen-bond donors (Lipinski definition) is 1. The van der Waals surface area contributed by atoms with E-state index < -0.39 is 0 Å². The molecule has 0 saturated heterocycles. The zero-order chi connectivity index (χ0) is 15.1. The van der Waals surface area contributed by atoms with Gasteiger partial charge in [-0.25, -0.2) is 0 Å². The Morgan fingerprint density at radius 2 is 2.05 bits per heavy atom. The monoisotopic (exact) mass is 287 g/mol. The number of hydrogen-bond acceptors (Lipinski definition) is 1. The van der Waals surface area contributed by atoms with E-state index in [0.29, 0.717) is 5.41 Å². The predicted molar refractivity (Wildman–Crippen MR) is 92.9 cm³/mol. The van der Waals surface area contributed by atoms with Crippen LogP contribution in [0.15, 0.2) is 24.3 Å². The van der Waals surface area contributed by atoms with Gasteiger partial charge in [0.1, 0.15) is 0 Å². The van der Waals surface area contributed by atoms with Crippen LogP contribution in [0.5, 0.6) is 0 Å². The second kappa shape index (κ2) is 7.98. The summed E-state index contributed by atoms with van der Waals surface area (Å²) in [6.07, 6.45) is 9.28. The number of rotatable bonds is 8. The summed E-state index contributed by atoms with van der Waals surface area (Å²) in [6, 6.07) is 9.20. The highest BCUT2D eigenvalue weighted by Crippen LogP contribution is 2.41. The molecule has 0 saturated carbocycles. The molecular formula is C20H33N. The molecule has 1 heteroatoms. The van der Waals surface area contributed by atoms with Gasteiger partial charge in [0.05, 0.1) is 0 Å². The van der Waals surface area contributed by atoms with Gasteiger partial charge in [-0.05, 0) is 55.7 Å². The molecule has 0 spiro atoms. The summed E-state index contributed by atoms with van der Waals surface area (Å²) in [6.45, 7) is 9.25. The molecule has 0 fully saturated rings. The van der Waals surface area contributed by atoms with Gasteiger partial charge in [-0.15, -0.1) is 0 Å². The maximum atomic E-state index is 3.72. The molecule has 1 aliphatic rings. The predicted octanol–water partition coefficient (Wildman–Crippen LogP) is 5.09. The maximum absolute atomic E-state index is 3.72. The smallest absolute Gasteiger partial charge is 0.00806 e. The first kappa shape index (κ1) is 16.5. The van der Waals surface area contributed by atoms with Crippen LogP contribution in [0.2, 0.25) is 0 Å². The van der Waals surface area contributed by atoms with Crippen molar-refractivity contribution in [3.8, 4) is 0 Å². The fourth-order valence-corrected chi connectivity index (χ4v) is 3.89. The maximum Gasteiger partial charge on any atom is 0.00806 e. The molecule has 0 aliphatic heterocycles. The Morgan fingerprint density at radius 1 is 1.24 bits per heavy atom. The second-order valence-corrected chi connectivity index (χ2v) is 7.25. The largest absolute Gasteiger partial charge is 0.316 e. The van der Waals surface area contributed by atoms with Gasteiger partial charge in [-0.2, -0.15) is 0 Å². The summed E-state index contributed by atoms with van der Waals surface area (Å²) in [7, 11) is 0. The van der Waals surface area contributed by atoms with Gasteiger partial charge in [-0.3, -0.25) is 0 Å². The number of benzene rings is 1. The minimum Gasteiger partial charge on any atom is -0.316 e. The van der Waals surface area contributed by atoms with E-state index in [0.717, 1.165) is 19.0 Å². The summed E-state index contributed by atoms with van der Waals surface area (Å²) in [5.74, 6) is 0.824. The van der Waals surface area contributed by atoms with Gasteiger partial charge in [0.2, 0.25) is 0 Å². The van der Waals surface area contributed by atoms with Crippen molar-refractivity contribution in [1.29, 1.82) is 0 Å². The van der Waals surface area contributed by atoms with Crippen molar-refractivity contribution in [3.05, 3.63) is 35.4 Å². The number of nitrogens with one attached hydrogen (secondary N) is 1. The molecule has 21 heavy (non-hydrogen) atoms. The fourth-order valence-electron chi connectivity index (χ4n) is 3.89. The zero-order valence-electron chi connectivity index (χ0n) is 14.3. The van der Waals surface area contributed by atoms with Crippen LogP contribution < -0.4 is 5.32 Å². The van der Waals surface area contributed by atoms with E-state index in [9.17, 15) is 0 Å². The van der Waals surface area contributed by atoms with E-state index in [1.54, 1.807) is 11.1 Å². The van der Waals surface area contributed by atoms with Crippen molar-refractivity contribution in [1.82, 2.24) is 5.32 Å². The lowest BCUT2D eigenvalue weighted by molar-refractivity contribution is 0.300. The number of fused-ring (bicyclic) bond motifs is 1. The topological polar surface area (TPSA) is 12.0 Å². The van der Waals surface area contributed by atoms with E-state index in [4.69, 9.17) is 0 Å². The minimum absolute atomic E-state index is 0.388. The van der Waals surface area contributed by atoms with Gasteiger partial charge in [-0.1, -0.05) is 57.9 Å². The first-order valence-corrected chi connectivity index (χ1v) is 8.97. The van der Waals surface area contributed by atoms with E-state index in [-0.39, 0.29) is 0 Å². The van der Waals surface area contributed by atoms with Crippen LogP contribution in [0.1, 0.15) is 70.4 Å². The summed E-state index contributed by atoms with van der Waals surface area (Å²) in [5.41, 5.74) is 3.63. The van der Waals surface area contributed by atoms with Crippen LogP contribution >= 0.6 is 0 Å². The molecule has 1 unspecified atom stereocenters. The molecule has 0 aromatic heterocycles. The average Bonchev–Trinajstić information content (AvgIpc) is 2.48.